The first-order valence-corrected chi connectivity index (χ1v) is 6.01. The molecule has 1 aromatic heterocycles. The van der Waals surface area contributed by atoms with E-state index in [0.717, 1.165) is 31.5 Å². The van der Waals surface area contributed by atoms with E-state index in [0.29, 0.717) is 11.4 Å². The van der Waals surface area contributed by atoms with Crippen LogP contribution in [0.25, 0.3) is 0 Å². The molecule has 1 aromatic rings. The Bertz CT molecular complexity index is 319. The summed E-state index contributed by atoms with van der Waals surface area (Å²) in [6.45, 7) is 2.09. The van der Waals surface area contributed by atoms with Crippen molar-refractivity contribution in [2.75, 3.05) is 5.32 Å². The van der Waals surface area contributed by atoms with Crippen LogP contribution in [0.15, 0.2) is 18.3 Å². The standard InChI is InChI=1S/C12H17ClN2/c1-9-6-7-14-12(8-9)15-11-4-2-10(13)3-5-11/h6-8,10-11H,2-5H2,1H3,(H,14,15). The minimum Gasteiger partial charge on any atom is -0.367 e. The fraction of sp³-hybridized carbons (Fsp3) is 0.583. The van der Waals surface area contributed by atoms with Gasteiger partial charge >= 0.3 is 0 Å². The van der Waals surface area contributed by atoms with Crippen molar-refractivity contribution in [1.82, 2.24) is 4.98 Å². The third kappa shape index (κ3) is 3.10. The van der Waals surface area contributed by atoms with Crippen LogP contribution in [0.1, 0.15) is 31.2 Å². The van der Waals surface area contributed by atoms with Gasteiger partial charge in [0.15, 0.2) is 0 Å². The van der Waals surface area contributed by atoms with Crippen molar-refractivity contribution in [2.24, 2.45) is 0 Å². The van der Waals surface area contributed by atoms with Gasteiger partial charge in [0.2, 0.25) is 0 Å². The quantitative estimate of drug-likeness (QED) is 0.780. The Labute approximate surface area is 96.1 Å². The van der Waals surface area contributed by atoms with Crippen molar-refractivity contribution in [3.8, 4) is 0 Å². The van der Waals surface area contributed by atoms with Gasteiger partial charge in [-0.1, -0.05) is 0 Å². The van der Waals surface area contributed by atoms with Gasteiger partial charge in [-0.25, -0.2) is 4.98 Å². The zero-order valence-corrected chi connectivity index (χ0v) is 9.80. The lowest BCUT2D eigenvalue weighted by Crippen LogP contribution is -2.26. The monoisotopic (exact) mass is 224 g/mol. The number of anilines is 1. The fourth-order valence-electron chi connectivity index (χ4n) is 2.02. The molecule has 0 atom stereocenters. The van der Waals surface area contributed by atoms with Gasteiger partial charge in [0, 0.05) is 17.6 Å². The molecule has 15 heavy (non-hydrogen) atoms. The van der Waals surface area contributed by atoms with Crippen LogP contribution in [0, 0.1) is 6.92 Å². The lowest BCUT2D eigenvalue weighted by molar-refractivity contribution is 0.467. The van der Waals surface area contributed by atoms with Crippen LogP contribution in [-0.4, -0.2) is 16.4 Å². The maximum atomic E-state index is 6.07. The van der Waals surface area contributed by atoms with Crippen molar-refractivity contribution >= 4 is 17.4 Å². The van der Waals surface area contributed by atoms with E-state index in [-0.39, 0.29) is 0 Å². The molecule has 2 nitrogen and oxygen atoms in total. The number of aryl methyl sites for hydroxylation is 1. The number of alkyl halides is 1. The van der Waals surface area contributed by atoms with Crippen molar-refractivity contribution in [3.63, 3.8) is 0 Å². The zero-order chi connectivity index (χ0) is 10.7. The third-order valence-electron chi connectivity index (χ3n) is 2.92. The first-order valence-electron chi connectivity index (χ1n) is 5.57. The molecule has 1 aliphatic rings. The molecular weight excluding hydrogens is 208 g/mol. The van der Waals surface area contributed by atoms with Gasteiger partial charge in [-0.05, 0) is 50.3 Å². The van der Waals surface area contributed by atoms with E-state index >= 15 is 0 Å². The normalized spacial score (nSPS) is 26.3. The van der Waals surface area contributed by atoms with Crippen molar-refractivity contribution in [2.45, 2.75) is 44.0 Å². The number of aromatic nitrogens is 1. The van der Waals surface area contributed by atoms with E-state index in [2.05, 4.69) is 23.3 Å². The number of rotatable bonds is 2. The molecule has 0 radical (unpaired) electrons. The van der Waals surface area contributed by atoms with Gasteiger partial charge in [-0.2, -0.15) is 0 Å². The highest BCUT2D eigenvalue weighted by Crippen LogP contribution is 2.24. The molecule has 0 amide bonds. The van der Waals surface area contributed by atoms with Crippen LogP contribution in [-0.2, 0) is 0 Å². The van der Waals surface area contributed by atoms with Gasteiger partial charge in [-0.15, -0.1) is 11.6 Å². The fourth-order valence-corrected chi connectivity index (χ4v) is 2.27. The summed E-state index contributed by atoms with van der Waals surface area (Å²) in [6.07, 6.45) is 6.40. The van der Waals surface area contributed by atoms with E-state index in [4.69, 9.17) is 11.6 Å². The molecule has 0 aromatic carbocycles. The van der Waals surface area contributed by atoms with Crippen LogP contribution in [0.2, 0.25) is 0 Å². The third-order valence-corrected chi connectivity index (χ3v) is 3.36. The SMILES string of the molecule is Cc1ccnc(NC2CCC(Cl)CC2)c1. The summed E-state index contributed by atoms with van der Waals surface area (Å²) in [5.41, 5.74) is 1.25. The first kappa shape index (κ1) is 10.7. The maximum Gasteiger partial charge on any atom is 0.126 e. The predicted molar refractivity (Wildman–Crippen MR) is 64.5 cm³/mol. The molecular formula is C12H17ClN2. The molecule has 0 unspecified atom stereocenters. The number of halogens is 1. The Balaban J connectivity index is 1.92. The molecule has 1 saturated carbocycles. The summed E-state index contributed by atoms with van der Waals surface area (Å²) in [5, 5.41) is 3.86. The summed E-state index contributed by atoms with van der Waals surface area (Å²) in [5.74, 6) is 0.994. The Kier molecular flexibility index (Phi) is 3.47. The second-order valence-electron chi connectivity index (χ2n) is 4.31. The Morgan fingerprint density at radius 1 is 1.33 bits per heavy atom. The van der Waals surface area contributed by atoms with E-state index < -0.39 is 0 Å². The number of nitrogens with one attached hydrogen (secondary N) is 1. The minimum atomic E-state index is 0.383. The number of hydrogen-bond acceptors (Lipinski definition) is 2. The lowest BCUT2D eigenvalue weighted by Gasteiger charge is -2.26. The molecule has 1 heterocycles. The molecule has 1 N–H and O–H groups in total. The molecule has 1 fully saturated rings. The topological polar surface area (TPSA) is 24.9 Å². The zero-order valence-electron chi connectivity index (χ0n) is 9.04. The van der Waals surface area contributed by atoms with Gasteiger partial charge in [0.05, 0.1) is 0 Å². The molecule has 82 valence electrons. The van der Waals surface area contributed by atoms with Crippen LogP contribution in [0.4, 0.5) is 5.82 Å². The second kappa shape index (κ2) is 4.84. The highest BCUT2D eigenvalue weighted by Gasteiger charge is 2.19. The minimum absolute atomic E-state index is 0.383. The Morgan fingerprint density at radius 2 is 2.07 bits per heavy atom. The van der Waals surface area contributed by atoms with E-state index in [9.17, 15) is 0 Å². The van der Waals surface area contributed by atoms with Crippen molar-refractivity contribution < 1.29 is 0 Å². The van der Waals surface area contributed by atoms with Gasteiger partial charge in [0.1, 0.15) is 5.82 Å². The molecule has 0 aliphatic heterocycles. The summed E-state index contributed by atoms with van der Waals surface area (Å²) in [4.78, 5) is 4.31. The van der Waals surface area contributed by atoms with Gasteiger partial charge < -0.3 is 5.32 Å². The number of hydrogen-bond donors (Lipinski definition) is 1. The highest BCUT2D eigenvalue weighted by molar-refractivity contribution is 6.20. The molecule has 0 bridgehead atoms. The lowest BCUT2D eigenvalue weighted by atomic mass is 9.95. The van der Waals surface area contributed by atoms with E-state index in [1.54, 1.807) is 0 Å². The van der Waals surface area contributed by atoms with Crippen LogP contribution >= 0.6 is 11.6 Å². The second-order valence-corrected chi connectivity index (χ2v) is 4.93. The van der Waals surface area contributed by atoms with Crippen LogP contribution in [0.5, 0.6) is 0 Å². The Hall–Kier alpha value is -0.760. The van der Waals surface area contributed by atoms with E-state index in [1.807, 2.05) is 12.3 Å². The average molecular weight is 225 g/mol. The largest absolute Gasteiger partial charge is 0.367 e. The number of nitrogens with zero attached hydrogens (tertiary/aromatic N) is 1. The van der Waals surface area contributed by atoms with Crippen molar-refractivity contribution in [1.29, 1.82) is 0 Å². The van der Waals surface area contributed by atoms with Crippen LogP contribution < -0.4 is 5.32 Å². The Morgan fingerprint density at radius 3 is 2.73 bits per heavy atom. The number of pyridine rings is 1. The molecule has 0 spiro atoms. The highest BCUT2D eigenvalue weighted by atomic mass is 35.5. The average Bonchev–Trinajstić information content (AvgIpc) is 2.22. The summed E-state index contributed by atoms with van der Waals surface area (Å²) >= 11 is 6.07. The van der Waals surface area contributed by atoms with Crippen LogP contribution in [0.3, 0.4) is 0 Å². The molecule has 1 aliphatic carbocycles. The first-order chi connectivity index (χ1) is 7.24. The molecule has 3 heteroatoms. The summed E-state index contributed by atoms with van der Waals surface area (Å²) in [7, 11) is 0. The predicted octanol–water partition coefficient (Wildman–Crippen LogP) is 3.35. The van der Waals surface area contributed by atoms with Crippen molar-refractivity contribution in [3.05, 3.63) is 23.9 Å². The van der Waals surface area contributed by atoms with Gasteiger partial charge in [0.25, 0.3) is 0 Å². The molecule has 0 saturated heterocycles. The van der Waals surface area contributed by atoms with Gasteiger partial charge in [-0.3, -0.25) is 0 Å². The summed E-state index contributed by atoms with van der Waals surface area (Å²) < 4.78 is 0. The maximum absolute atomic E-state index is 6.07. The molecule has 2 rings (SSSR count). The summed E-state index contributed by atoms with van der Waals surface area (Å²) in [6, 6.07) is 4.66. The van der Waals surface area contributed by atoms with E-state index in [1.165, 1.54) is 5.56 Å². The smallest absolute Gasteiger partial charge is 0.126 e.